The van der Waals surface area contributed by atoms with Crippen LogP contribution >= 0.6 is 0 Å². The Bertz CT molecular complexity index is 1110. The van der Waals surface area contributed by atoms with Crippen molar-refractivity contribution in [2.24, 2.45) is 0 Å². The minimum atomic E-state index is -3.71. The molecule has 0 spiro atoms. The zero-order valence-electron chi connectivity index (χ0n) is 17.1. The van der Waals surface area contributed by atoms with Crippen LogP contribution in [-0.4, -0.2) is 27.5 Å². The highest BCUT2D eigenvalue weighted by atomic mass is 32.2. The monoisotopic (exact) mass is 424 g/mol. The van der Waals surface area contributed by atoms with Crippen molar-refractivity contribution >= 4 is 27.3 Å². The minimum Gasteiger partial charge on any atom is -0.490 e. The predicted molar refractivity (Wildman–Crippen MR) is 119 cm³/mol. The van der Waals surface area contributed by atoms with Crippen molar-refractivity contribution in [3.63, 3.8) is 0 Å². The van der Waals surface area contributed by atoms with Gasteiger partial charge in [-0.15, -0.1) is 0 Å². The molecule has 156 valence electrons. The molecule has 0 aliphatic heterocycles. The molecule has 3 aromatic rings. The largest absolute Gasteiger partial charge is 0.490 e. The molecule has 0 saturated heterocycles. The van der Waals surface area contributed by atoms with Gasteiger partial charge in [0.1, 0.15) is 5.75 Å². The van der Waals surface area contributed by atoms with Gasteiger partial charge in [0, 0.05) is 12.7 Å². The summed E-state index contributed by atoms with van der Waals surface area (Å²) in [6.45, 7) is 3.78. The van der Waals surface area contributed by atoms with Crippen molar-refractivity contribution in [2.45, 2.75) is 24.8 Å². The molecule has 3 aromatic carbocycles. The molecule has 0 atom stereocenters. The summed E-state index contributed by atoms with van der Waals surface area (Å²) >= 11 is 0. The van der Waals surface area contributed by atoms with Crippen molar-refractivity contribution in [1.29, 1.82) is 0 Å². The Morgan fingerprint density at radius 3 is 2.13 bits per heavy atom. The number of ether oxygens (including phenoxy) is 1. The van der Waals surface area contributed by atoms with Crippen molar-refractivity contribution < 1.29 is 17.9 Å². The molecular weight excluding hydrogens is 400 g/mol. The van der Waals surface area contributed by atoms with Crippen LogP contribution in [0.5, 0.6) is 5.75 Å². The van der Waals surface area contributed by atoms with Crippen LogP contribution in [0.4, 0.5) is 11.4 Å². The van der Waals surface area contributed by atoms with Gasteiger partial charge in [-0.05, 0) is 62.4 Å². The Kier molecular flexibility index (Phi) is 6.42. The van der Waals surface area contributed by atoms with E-state index in [0.717, 1.165) is 0 Å². The smallest absolute Gasteiger partial charge is 0.264 e. The SMILES string of the molecule is CC(C)Oc1ccccc1C(=O)Nc1ccc(S(=O)(=O)N(C)c2ccccc2)cc1. The summed E-state index contributed by atoms with van der Waals surface area (Å²) in [7, 11) is -2.20. The molecule has 0 bridgehead atoms. The van der Waals surface area contributed by atoms with Crippen LogP contribution in [0.3, 0.4) is 0 Å². The van der Waals surface area contributed by atoms with E-state index in [0.29, 0.717) is 22.7 Å². The zero-order valence-corrected chi connectivity index (χ0v) is 17.9. The molecule has 1 amide bonds. The summed E-state index contributed by atoms with van der Waals surface area (Å²) in [5.41, 5.74) is 1.46. The van der Waals surface area contributed by atoms with Gasteiger partial charge in [-0.25, -0.2) is 8.42 Å². The van der Waals surface area contributed by atoms with E-state index in [2.05, 4.69) is 5.32 Å². The maximum absolute atomic E-state index is 12.9. The summed E-state index contributed by atoms with van der Waals surface area (Å²) in [6, 6.07) is 21.9. The number of benzene rings is 3. The van der Waals surface area contributed by atoms with Crippen LogP contribution in [0.15, 0.2) is 83.8 Å². The van der Waals surface area contributed by atoms with Crippen LogP contribution < -0.4 is 14.4 Å². The van der Waals surface area contributed by atoms with E-state index in [1.807, 2.05) is 19.9 Å². The van der Waals surface area contributed by atoms with E-state index in [-0.39, 0.29) is 16.9 Å². The van der Waals surface area contributed by atoms with Gasteiger partial charge in [-0.1, -0.05) is 30.3 Å². The van der Waals surface area contributed by atoms with Gasteiger partial charge in [0.15, 0.2) is 0 Å². The van der Waals surface area contributed by atoms with Gasteiger partial charge in [0.25, 0.3) is 15.9 Å². The lowest BCUT2D eigenvalue weighted by Gasteiger charge is -2.19. The van der Waals surface area contributed by atoms with E-state index in [1.165, 1.54) is 23.5 Å². The van der Waals surface area contributed by atoms with Crippen molar-refractivity contribution in [3.8, 4) is 5.75 Å². The summed E-state index contributed by atoms with van der Waals surface area (Å²) in [5, 5.41) is 2.78. The fraction of sp³-hybridized carbons (Fsp3) is 0.174. The number of hydrogen-bond acceptors (Lipinski definition) is 4. The second-order valence-electron chi connectivity index (χ2n) is 6.95. The first kappa shape index (κ1) is 21.4. The molecule has 6 nitrogen and oxygen atoms in total. The number of anilines is 2. The molecular formula is C23H24N2O4S. The molecule has 0 radical (unpaired) electrons. The van der Waals surface area contributed by atoms with Gasteiger partial charge in [-0.2, -0.15) is 0 Å². The topological polar surface area (TPSA) is 75.7 Å². The molecule has 7 heteroatoms. The van der Waals surface area contributed by atoms with Gasteiger partial charge >= 0.3 is 0 Å². The number of carbonyl (C=O) groups excluding carboxylic acids is 1. The van der Waals surface area contributed by atoms with Crippen LogP contribution in [0.1, 0.15) is 24.2 Å². The molecule has 30 heavy (non-hydrogen) atoms. The summed E-state index contributed by atoms with van der Waals surface area (Å²) < 4.78 is 32.6. The first-order valence-corrected chi connectivity index (χ1v) is 10.9. The van der Waals surface area contributed by atoms with Gasteiger partial charge < -0.3 is 10.1 Å². The van der Waals surface area contributed by atoms with Gasteiger partial charge in [0.05, 0.1) is 22.3 Å². The Morgan fingerprint density at radius 2 is 1.50 bits per heavy atom. The van der Waals surface area contributed by atoms with E-state index >= 15 is 0 Å². The van der Waals surface area contributed by atoms with E-state index < -0.39 is 10.0 Å². The highest BCUT2D eigenvalue weighted by molar-refractivity contribution is 7.92. The van der Waals surface area contributed by atoms with E-state index in [1.54, 1.807) is 60.7 Å². The van der Waals surface area contributed by atoms with Crippen molar-refractivity contribution in [2.75, 3.05) is 16.7 Å². The molecule has 0 saturated carbocycles. The number of rotatable bonds is 7. The average molecular weight is 425 g/mol. The Morgan fingerprint density at radius 1 is 0.900 bits per heavy atom. The number of nitrogens with one attached hydrogen (secondary N) is 1. The van der Waals surface area contributed by atoms with Crippen LogP contribution in [0.25, 0.3) is 0 Å². The van der Waals surface area contributed by atoms with Gasteiger partial charge in [0.2, 0.25) is 0 Å². The fourth-order valence-corrected chi connectivity index (χ4v) is 4.05. The van der Waals surface area contributed by atoms with Crippen LogP contribution in [-0.2, 0) is 10.0 Å². The fourth-order valence-electron chi connectivity index (χ4n) is 2.85. The van der Waals surface area contributed by atoms with Gasteiger partial charge in [-0.3, -0.25) is 9.10 Å². The summed E-state index contributed by atoms with van der Waals surface area (Å²) in [6.07, 6.45) is -0.0648. The standard InChI is InChI=1S/C23H24N2O4S/c1-17(2)29-22-12-8-7-11-21(22)23(26)24-18-13-15-20(16-14-18)30(27,28)25(3)19-9-5-4-6-10-19/h4-17H,1-3H3,(H,24,26). The molecule has 0 aliphatic carbocycles. The third kappa shape index (κ3) is 4.80. The van der Waals surface area contributed by atoms with Crippen molar-refractivity contribution in [1.82, 2.24) is 0 Å². The average Bonchev–Trinajstić information content (AvgIpc) is 2.74. The van der Waals surface area contributed by atoms with E-state index in [9.17, 15) is 13.2 Å². The molecule has 0 unspecified atom stereocenters. The molecule has 3 rings (SSSR count). The second-order valence-corrected chi connectivity index (χ2v) is 8.92. The predicted octanol–water partition coefficient (Wildman–Crippen LogP) is 4.55. The summed E-state index contributed by atoms with van der Waals surface area (Å²) in [5.74, 6) is 0.164. The minimum absolute atomic E-state index is 0.0648. The van der Waals surface area contributed by atoms with Crippen LogP contribution in [0.2, 0.25) is 0 Å². The first-order valence-electron chi connectivity index (χ1n) is 9.50. The molecule has 0 fully saturated rings. The van der Waals surface area contributed by atoms with E-state index in [4.69, 9.17) is 4.74 Å². The highest BCUT2D eigenvalue weighted by Gasteiger charge is 2.21. The van der Waals surface area contributed by atoms with Crippen molar-refractivity contribution in [3.05, 3.63) is 84.4 Å². The number of hydrogen-bond donors (Lipinski definition) is 1. The number of sulfonamides is 1. The number of amides is 1. The maximum atomic E-state index is 12.9. The third-order valence-electron chi connectivity index (χ3n) is 4.38. The molecule has 0 heterocycles. The number of nitrogens with zero attached hydrogens (tertiary/aromatic N) is 1. The molecule has 0 aromatic heterocycles. The molecule has 0 aliphatic rings. The Hall–Kier alpha value is -3.32. The number of para-hydroxylation sites is 2. The lowest BCUT2D eigenvalue weighted by atomic mass is 10.1. The quantitative estimate of drug-likeness (QED) is 0.604. The Balaban J connectivity index is 1.77. The zero-order chi connectivity index (χ0) is 21.7. The Labute approximate surface area is 177 Å². The normalized spacial score (nSPS) is 11.2. The third-order valence-corrected chi connectivity index (χ3v) is 6.18. The lowest BCUT2D eigenvalue weighted by Crippen LogP contribution is -2.26. The number of carbonyl (C=O) groups is 1. The maximum Gasteiger partial charge on any atom is 0.264 e. The summed E-state index contributed by atoms with van der Waals surface area (Å²) in [4.78, 5) is 12.8. The first-order chi connectivity index (χ1) is 14.3. The highest BCUT2D eigenvalue weighted by Crippen LogP contribution is 2.24. The molecule has 1 N–H and O–H groups in total. The second kappa shape index (κ2) is 9.00. The van der Waals surface area contributed by atoms with Crippen LogP contribution in [0, 0.1) is 0 Å². The lowest BCUT2D eigenvalue weighted by molar-refractivity contribution is 0.102.